The van der Waals surface area contributed by atoms with Crippen LogP contribution in [0.2, 0.25) is 0 Å². The molecule has 0 saturated carbocycles. The van der Waals surface area contributed by atoms with Gasteiger partial charge < -0.3 is 15.4 Å². The van der Waals surface area contributed by atoms with Crippen LogP contribution >= 0.6 is 0 Å². The van der Waals surface area contributed by atoms with Crippen LogP contribution in [0, 0.1) is 0 Å². The van der Waals surface area contributed by atoms with Crippen molar-refractivity contribution >= 4 is 23.1 Å². The molecule has 3 rings (SSSR count). The SMILES string of the molecule is COc1ccccc1NC(=O)c1ccc(Nc2cccc(C(F)(F)F)c2)nn1. The number of rotatable bonds is 5. The molecule has 0 atom stereocenters. The Labute approximate surface area is 158 Å². The van der Waals surface area contributed by atoms with Gasteiger partial charge >= 0.3 is 6.18 Å². The number of amides is 1. The number of hydrogen-bond donors (Lipinski definition) is 2. The molecule has 6 nitrogen and oxygen atoms in total. The van der Waals surface area contributed by atoms with Crippen LogP contribution in [-0.2, 0) is 6.18 Å². The molecule has 0 radical (unpaired) electrons. The van der Waals surface area contributed by atoms with E-state index in [1.54, 1.807) is 24.3 Å². The summed E-state index contributed by atoms with van der Waals surface area (Å²) in [6.45, 7) is 0. The molecule has 0 bridgehead atoms. The second-order valence-electron chi connectivity index (χ2n) is 5.66. The molecule has 9 heteroatoms. The van der Waals surface area contributed by atoms with Crippen molar-refractivity contribution in [1.29, 1.82) is 0 Å². The van der Waals surface area contributed by atoms with Gasteiger partial charge in [-0.2, -0.15) is 13.2 Å². The van der Waals surface area contributed by atoms with Gasteiger partial charge in [0.2, 0.25) is 0 Å². The summed E-state index contributed by atoms with van der Waals surface area (Å²) < 4.78 is 43.5. The van der Waals surface area contributed by atoms with Crippen molar-refractivity contribution in [3.05, 3.63) is 71.9 Å². The third-order valence-corrected chi connectivity index (χ3v) is 3.71. The first kappa shape index (κ1) is 19.2. The fourth-order valence-electron chi connectivity index (χ4n) is 2.38. The minimum absolute atomic E-state index is 0.0421. The Morgan fingerprint density at radius 3 is 2.46 bits per heavy atom. The van der Waals surface area contributed by atoms with E-state index in [0.29, 0.717) is 11.4 Å². The number of para-hydroxylation sites is 2. The van der Waals surface area contributed by atoms with Crippen molar-refractivity contribution in [2.45, 2.75) is 6.18 Å². The number of ether oxygens (including phenoxy) is 1. The largest absolute Gasteiger partial charge is 0.495 e. The molecule has 2 aromatic carbocycles. The molecule has 0 aliphatic heterocycles. The second-order valence-corrected chi connectivity index (χ2v) is 5.66. The number of nitrogens with one attached hydrogen (secondary N) is 2. The Bertz CT molecular complexity index is 975. The van der Waals surface area contributed by atoms with Gasteiger partial charge in [-0.15, -0.1) is 10.2 Å². The predicted octanol–water partition coefficient (Wildman–Crippen LogP) is 4.50. The van der Waals surface area contributed by atoms with Crippen molar-refractivity contribution < 1.29 is 22.7 Å². The summed E-state index contributed by atoms with van der Waals surface area (Å²) in [4.78, 5) is 12.3. The minimum atomic E-state index is -4.44. The molecule has 3 aromatic rings. The zero-order valence-electron chi connectivity index (χ0n) is 14.6. The molecule has 144 valence electrons. The van der Waals surface area contributed by atoms with Gasteiger partial charge in [0, 0.05) is 5.69 Å². The maximum Gasteiger partial charge on any atom is 0.416 e. The Morgan fingerprint density at radius 1 is 1.00 bits per heavy atom. The second kappa shape index (κ2) is 7.95. The first-order chi connectivity index (χ1) is 13.4. The van der Waals surface area contributed by atoms with Crippen LogP contribution in [0.4, 0.5) is 30.4 Å². The van der Waals surface area contributed by atoms with E-state index >= 15 is 0 Å². The zero-order valence-corrected chi connectivity index (χ0v) is 14.6. The third kappa shape index (κ3) is 4.56. The average Bonchev–Trinajstić information content (AvgIpc) is 2.68. The molecule has 0 aliphatic rings. The average molecular weight is 388 g/mol. The topological polar surface area (TPSA) is 76.1 Å². The van der Waals surface area contributed by atoms with Crippen LogP contribution in [0.3, 0.4) is 0 Å². The highest BCUT2D eigenvalue weighted by atomic mass is 19.4. The van der Waals surface area contributed by atoms with Gasteiger partial charge in [0.1, 0.15) is 5.75 Å². The van der Waals surface area contributed by atoms with E-state index in [2.05, 4.69) is 20.8 Å². The van der Waals surface area contributed by atoms with E-state index in [-0.39, 0.29) is 17.2 Å². The molecule has 0 spiro atoms. The van der Waals surface area contributed by atoms with E-state index in [9.17, 15) is 18.0 Å². The molecule has 1 aromatic heterocycles. The van der Waals surface area contributed by atoms with Gasteiger partial charge in [0.05, 0.1) is 18.4 Å². The first-order valence-electron chi connectivity index (χ1n) is 8.09. The summed E-state index contributed by atoms with van der Waals surface area (Å²) in [6.07, 6.45) is -4.44. The number of hydrogen-bond acceptors (Lipinski definition) is 5. The lowest BCUT2D eigenvalue weighted by Gasteiger charge is -2.11. The molecular formula is C19H15F3N4O2. The van der Waals surface area contributed by atoms with Crippen molar-refractivity contribution in [3.8, 4) is 5.75 Å². The first-order valence-corrected chi connectivity index (χ1v) is 8.09. The Balaban J connectivity index is 1.71. The van der Waals surface area contributed by atoms with E-state index in [1.165, 1.54) is 31.4 Å². The molecular weight excluding hydrogens is 373 g/mol. The normalized spacial score (nSPS) is 11.0. The van der Waals surface area contributed by atoms with Crippen LogP contribution in [0.25, 0.3) is 0 Å². The van der Waals surface area contributed by atoms with Gasteiger partial charge in [-0.1, -0.05) is 18.2 Å². The Hall–Kier alpha value is -3.62. The summed E-state index contributed by atoms with van der Waals surface area (Å²) in [7, 11) is 1.49. The molecule has 0 aliphatic carbocycles. The van der Waals surface area contributed by atoms with E-state index in [0.717, 1.165) is 12.1 Å². The lowest BCUT2D eigenvalue weighted by Crippen LogP contribution is -2.15. The molecule has 0 fully saturated rings. The summed E-state index contributed by atoms with van der Waals surface area (Å²) in [6, 6.07) is 14.4. The fourth-order valence-corrected chi connectivity index (χ4v) is 2.38. The quantitative estimate of drug-likeness (QED) is 0.673. The maximum absolute atomic E-state index is 12.8. The number of halogens is 3. The highest BCUT2D eigenvalue weighted by Gasteiger charge is 2.30. The smallest absolute Gasteiger partial charge is 0.416 e. The molecule has 2 N–H and O–H groups in total. The molecule has 0 saturated heterocycles. The van der Waals surface area contributed by atoms with Crippen LogP contribution in [0.5, 0.6) is 5.75 Å². The minimum Gasteiger partial charge on any atom is -0.495 e. The van der Waals surface area contributed by atoms with Crippen molar-refractivity contribution in [2.75, 3.05) is 17.7 Å². The third-order valence-electron chi connectivity index (χ3n) is 3.71. The number of benzene rings is 2. The fraction of sp³-hybridized carbons (Fsp3) is 0.105. The molecule has 0 unspecified atom stereocenters. The van der Waals surface area contributed by atoms with Gasteiger partial charge in [0.25, 0.3) is 5.91 Å². The van der Waals surface area contributed by atoms with E-state index in [4.69, 9.17) is 4.74 Å². The molecule has 1 amide bonds. The summed E-state index contributed by atoms with van der Waals surface area (Å²) >= 11 is 0. The summed E-state index contributed by atoms with van der Waals surface area (Å²) in [5.74, 6) is 0.197. The highest BCUT2D eigenvalue weighted by Crippen LogP contribution is 2.31. The number of alkyl halides is 3. The highest BCUT2D eigenvalue weighted by molar-refractivity contribution is 6.03. The lowest BCUT2D eigenvalue weighted by atomic mass is 10.2. The van der Waals surface area contributed by atoms with Crippen LogP contribution in [0.15, 0.2) is 60.7 Å². The van der Waals surface area contributed by atoms with E-state index in [1.807, 2.05) is 0 Å². The zero-order chi connectivity index (χ0) is 20.1. The number of anilines is 3. The van der Waals surface area contributed by atoms with Crippen molar-refractivity contribution in [1.82, 2.24) is 10.2 Å². The van der Waals surface area contributed by atoms with Gasteiger partial charge in [-0.05, 0) is 42.5 Å². The Morgan fingerprint density at radius 2 is 1.79 bits per heavy atom. The number of methoxy groups -OCH3 is 1. The molecule has 1 heterocycles. The van der Waals surface area contributed by atoms with Crippen LogP contribution < -0.4 is 15.4 Å². The van der Waals surface area contributed by atoms with Gasteiger partial charge in [-0.25, -0.2) is 0 Å². The number of carbonyl (C=O) groups excluding carboxylic acids is 1. The lowest BCUT2D eigenvalue weighted by molar-refractivity contribution is -0.137. The van der Waals surface area contributed by atoms with Crippen molar-refractivity contribution in [2.24, 2.45) is 0 Å². The maximum atomic E-state index is 12.8. The Kier molecular flexibility index (Phi) is 5.44. The predicted molar refractivity (Wildman–Crippen MR) is 97.7 cm³/mol. The van der Waals surface area contributed by atoms with Crippen LogP contribution in [0.1, 0.15) is 16.1 Å². The summed E-state index contributed by atoms with van der Waals surface area (Å²) in [5, 5.41) is 13.0. The van der Waals surface area contributed by atoms with Crippen LogP contribution in [-0.4, -0.2) is 23.2 Å². The number of nitrogens with zero attached hydrogens (tertiary/aromatic N) is 2. The summed E-state index contributed by atoms with van der Waals surface area (Å²) in [5.41, 5.74) is -0.0583. The number of aromatic nitrogens is 2. The molecule has 28 heavy (non-hydrogen) atoms. The standard InChI is InChI=1S/C19H15F3N4O2/c1-28-16-8-3-2-7-14(16)24-18(27)15-9-10-17(26-25-15)23-13-6-4-5-12(11-13)19(20,21)22/h2-11H,1H3,(H,23,26)(H,24,27). The van der Waals surface area contributed by atoms with Crippen molar-refractivity contribution in [3.63, 3.8) is 0 Å². The van der Waals surface area contributed by atoms with Gasteiger partial charge in [-0.3, -0.25) is 4.79 Å². The monoisotopic (exact) mass is 388 g/mol. The number of carbonyl (C=O) groups is 1. The van der Waals surface area contributed by atoms with E-state index < -0.39 is 17.6 Å². The van der Waals surface area contributed by atoms with Gasteiger partial charge in [0.15, 0.2) is 11.5 Å².